The van der Waals surface area contributed by atoms with Crippen molar-refractivity contribution in [1.29, 1.82) is 0 Å². The first-order valence-corrected chi connectivity index (χ1v) is 4.88. The van der Waals surface area contributed by atoms with Crippen LogP contribution in [0.15, 0.2) is 0 Å². The van der Waals surface area contributed by atoms with Gasteiger partial charge in [0.2, 0.25) is 0 Å². The number of ether oxygens (including phenoxy) is 1. The Balaban J connectivity index is 2.53. The molecule has 12 heavy (non-hydrogen) atoms. The van der Waals surface area contributed by atoms with E-state index in [0.29, 0.717) is 12.5 Å². The Morgan fingerprint density at radius 1 is 1.50 bits per heavy atom. The average molecular weight is 170 g/mol. The molecule has 1 rings (SSSR count). The van der Waals surface area contributed by atoms with Crippen LogP contribution in [-0.4, -0.2) is 12.6 Å². The van der Waals surface area contributed by atoms with Crippen molar-refractivity contribution in [1.82, 2.24) is 0 Å². The third kappa shape index (κ3) is 1.35. The standard InChI is InChI=1S/C10H18O2/c1-4-8-7-10(8,5-2)9(11)12-6-3/h8H,4-7H2,1-3H3/t8-,10?/m1/s1. The summed E-state index contributed by atoms with van der Waals surface area (Å²) in [6.07, 6.45) is 3.08. The Bertz CT molecular complexity index is 177. The summed E-state index contributed by atoms with van der Waals surface area (Å²) < 4.78 is 5.05. The fourth-order valence-corrected chi connectivity index (χ4v) is 2.02. The molecule has 0 N–H and O–H groups in total. The second kappa shape index (κ2) is 3.46. The van der Waals surface area contributed by atoms with Crippen LogP contribution < -0.4 is 0 Å². The van der Waals surface area contributed by atoms with Crippen LogP contribution in [0.25, 0.3) is 0 Å². The minimum Gasteiger partial charge on any atom is -0.466 e. The van der Waals surface area contributed by atoms with Gasteiger partial charge in [-0.2, -0.15) is 0 Å². The van der Waals surface area contributed by atoms with Crippen LogP contribution in [-0.2, 0) is 9.53 Å². The maximum Gasteiger partial charge on any atom is 0.312 e. The highest BCUT2D eigenvalue weighted by Crippen LogP contribution is 2.57. The van der Waals surface area contributed by atoms with Gasteiger partial charge in [-0.1, -0.05) is 20.3 Å². The molecule has 2 nitrogen and oxygen atoms in total. The number of carbonyl (C=O) groups is 1. The van der Waals surface area contributed by atoms with Gasteiger partial charge in [0.15, 0.2) is 0 Å². The van der Waals surface area contributed by atoms with E-state index in [2.05, 4.69) is 13.8 Å². The minimum absolute atomic E-state index is 0.0272. The molecule has 1 aliphatic rings. The highest BCUT2D eigenvalue weighted by Gasteiger charge is 2.58. The van der Waals surface area contributed by atoms with Crippen LogP contribution in [0.4, 0.5) is 0 Å². The SMILES string of the molecule is CCOC(=O)C1(CC)C[C@H]1CC. The lowest BCUT2D eigenvalue weighted by molar-refractivity contribution is -0.150. The molecule has 1 unspecified atom stereocenters. The number of rotatable bonds is 4. The summed E-state index contributed by atoms with van der Waals surface area (Å²) in [5.74, 6) is 0.612. The zero-order valence-electron chi connectivity index (χ0n) is 8.22. The smallest absolute Gasteiger partial charge is 0.312 e. The summed E-state index contributed by atoms with van der Waals surface area (Å²) in [6, 6.07) is 0. The molecule has 0 bridgehead atoms. The van der Waals surface area contributed by atoms with Crippen molar-refractivity contribution in [2.45, 2.75) is 40.0 Å². The first-order chi connectivity index (χ1) is 5.71. The Labute approximate surface area is 74.3 Å². The van der Waals surface area contributed by atoms with Crippen molar-refractivity contribution in [3.8, 4) is 0 Å². The predicted octanol–water partition coefficient (Wildman–Crippen LogP) is 2.38. The number of esters is 1. The van der Waals surface area contributed by atoms with Gasteiger partial charge in [-0.15, -0.1) is 0 Å². The lowest BCUT2D eigenvalue weighted by Crippen LogP contribution is -2.20. The van der Waals surface area contributed by atoms with Gasteiger partial charge in [-0.25, -0.2) is 0 Å². The van der Waals surface area contributed by atoms with E-state index in [9.17, 15) is 4.79 Å². The molecule has 0 aromatic heterocycles. The number of hydrogen-bond donors (Lipinski definition) is 0. The monoisotopic (exact) mass is 170 g/mol. The molecule has 0 aromatic rings. The zero-order chi connectivity index (χ0) is 9.19. The maximum atomic E-state index is 11.5. The molecule has 0 spiro atoms. The summed E-state index contributed by atoms with van der Waals surface area (Å²) >= 11 is 0. The molecule has 0 heterocycles. The van der Waals surface area contributed by atoms with Gasteiger partial charge < -0.3 is 4.74 Å². The predicted molar refractivity (Wildman–Crippen MR) is 47.8 cm³/mol. The fraction of sp³-hybridized carbons (Fsp3) is 0.900. The third-order valence-corrected chi connectivity index (χ3v) is 3.04. The molecule has 2 heteroatoms. The summed E-state index contributed by atoms with van der Waals surface area (Å²) in [5, 5.41) is 0. The molecule has 0 amide bonds. The molecule has 0 aliphatic heterocycles. The van der Waals surface area contributed by atoms with E-state index in [0.717, 1.165) is 19.3 Å². The second-order valence-corrected chi connectivity index (χ2v) is 3.54. The number of carbonyl (C=O) groups excluding carboxylic acids is 1. The molecule has 1 fully saturated rings. The second-order valence-electron chi connectivity index (χ2n) is 3.54. The van der Waals surface area contributed by atoms with Crippen LogP contribution in [0.3, 0.4) is 0 Å². The van der Waals surface area contributed by atoms with Crippen molar-refractivity contribution < 1.29 is 9.53 Å². The van der Waals surface area contributed by atoms with E-state index in [4.69, 9.17) is 4.74 Å². The molecule has 0 radical (unpaired) electrons. The van der Waals surface area contributed by atoms with E-state index < -0.39 is 0 Å². The normalized spacial score (nSPS) is 33.1. The first-order valence-electron chi connectivity index (χ1n) is 4.88. The highest BCUT2D eigenvalue weighted by molar-refractivity contribution is 5.80. The maximum absolute atomic E-state index is 11.5. The minimum atomic E-state index is -0.0925. The van der Waals surface area contributed by atoms with Gasteiger partial charge in [-0.3, -0.25) is 4.79 Å². The van der Waals surface area contributed by atoms with E-state index in [-0.39, 0.29) is 11.4 Å². The van der Waals surface area contributed by atoms with Gasteiger partial charge >= 0.3 is 5.97 Å². The third-order valence-electron chi connectivity index (χ3n) is 3.04. The Kier molecular flexibility index (Phi) is 2.76. The molecular formula is C10H18O2. The van der Waals surface area contributed by atoms with Crippen molar-refractivity contribution in [2.24, 2.45) is 11.3 Å². The summed E-state index contributed by atoms with van der Waals surface area (Å²) in [5.41, 5.74) is -0.0925. The van der Waals surface area contributed by atoms with Crippen molar-refractivity contribution in [3.05, 3.63) is 0 Å². The summed E-state index contributed by atoms with van der Waals surface area (Å²) in [6.45, 7) is 6.59. The van der Waals surface area contributed by atoms with Crippen LogP contribution in [0.5, 0.6) is 0 Å². The molecular weight excluding hydrogens is 152 g/mol. The fourth-order valence-electron chi connectivity index (χ4n) is 2.02. The molecule has 0 saturated heterocycles. The van der Waals surface area contributed by atoms with Crippen LogP contribution >= 0.6 is 0 Å². The topological polar surface area (TPSA) is 26.3 Å². The van der Waals surface area contributed by atoms with E-state index in [1.54, 1.807) is 0 Å². The van der Waals surface area contributed by atoms with Crippen LogP contribution in [0.2, 0.25) is 0 Å². The largest absolute Gasteiger partial charge is 0.466 e. The van der Waals surface area contributed by atoms with Gasteiger partial charge in [0.05, 0.1) is 12.0 Å². The van der Waals surface area contributed by atoms with Crippen molar-refractivity contribution in [3.63, 3.8) is 0 Å². The van der Waals surface area contributed by atoms with Crippen molar-refractivity contribution in [2.75, 3.05) is 6.61 Å². The summed E-state index contributed by atoms with van der Waals surface area (Å²) in [4.78, 5) is 11.5. The molecule has 1 saturated carbocycles. The van der Waals surface area contributed by atoms with Gasteiger partial charge in [0.1, 0.15) is 0 Å². The van der Waals surface area contributed by atoms with Crippen LogP contribution in [0, 0.1) is 11.3 Å². The first kappa shape index (κ1) is 9.56. The lowest BCUT2D eigenvalue weighted by Gasteiger charge is -2.12. The highest BCUT2D eigenvalue weighted by atomic mass is 16.5. The Morgan fingerprint density at radius 3 is 2.50 bits per heavy atom. The lowest BCUT2D eigenvalue weighted by atomic mass is 9.99. The molecule has 0 aromatic carbocycles. The average Bonchev–Trinajstić information content (AvgIpc) is 2.80. The number of hydrogen-bond acceptors (Lipinski definition) is 2. The van der Waals surface area contributed by atoms with Crippen molar-refractivity contribution >= 4 is 5.97 Å². The van der Waals surface area contributed by atoms with Crippen LogP contribution in [0.1, 0.15) is 40.0 Å². The van der Waals surface area contributed by atoms with E-state index in [1.807, 2.05) is 6.92 Å². The Morgan fingerprint density at radius 2 is 2.17 bits per heavy atom. The van der Waals surface area contributed by atoms with E-state index >= 15 is 0 Å². The quantitative estimate of drug-likeness (QED) is 0.605. The van der Waals surface area contributed by atoms with Gasteiger partial charge in [0.25, 0.3) is 0 Å². The molecule has 2 atom stereocenters. The van der Waals surface area contributed by atoms with Gasteiger partial charge in [-0.05, 0) is 25.7 Å². The summed E-state index contributed by atoms with van der Waals surface area (Å²) in [7, 11) is 0. The molecule has 70 valence electrons. The Hall–Kier alpha value is -0.530. The zero-order valence-corrected chi connectivity index (χ0v) is 8.22. The van der Waals surface area contributed by atoms with Gasteiger partial charge in [0, 0.05) is 0 Å². The molecule has 1 aliphatic carbocycles. The van der Waals surface area contributed by atoms with E-state index in [1.165, 1.54) is 0 Å².